The summed E-state index contributed by atoms with van der Waals surface area (Å²) in [5, 5.41) is 0. The summed E-state index contributed by atoms with van der Waals surface area (Å²) >= 11 is 0. The third-order valence-electron chi connectivity index (χ3n) is 5.17. The molecule has 1 aliphatic carbocycles. The van der Waals surface area contributed by atoms with Crippen LogP contribution in [-0.2, 0) is 17.8 Å². The molecular weight excluding hydrogens is 268 g/mol. The Morgan fingerprint density at radius 3 is 2.41 bits per heavy atom. The van der Waals surface area contributed by atoms with Gasteiger partial charge >= 0.3 is 0 Å². The average Bonchev–Trinajstić information content (AvgIpc) is 2.73. The largest absolute Gasteiger partial charge is 0.368 e. The molecule has 2 aromatic rings. The van der Waals surface area contributed by atoms with Crippen LogP contribution in [0.15, 0.2) is 36.4 Å². The van der Waals surface area contributed by atoms with Gasteiger partial charge in [-0.3, -0.25) is 0 Å². The van der Waals surface area contributed by atoms with E-state index >= 15 is 0 Å². The van der Waals surface area contributed by atoms with Gasteiger partial charge in [-0.1, -0.05) is 50.2 Å². The lowest BCUT2D eigenvalue weighted by molar-refractivity contribution is -0.0272. The molecule has 116 valence electrons. The van der Waals surface area contributed by atoms with Gasteiger partial charge in [-0.05, 0) is 66.0 Å². The quantitative estimate of drug-likeness (QED) is 0.731. The van der Waals surface area contributed by atoms with Crippen LogP contribution in [0.1, 0.15) is 53.3 Å². The summed E-state index contributed by atoms with van der Waals surface area (Å²) in [5.41, 5.74) is 8.53. The molecule has 1 aliphatic rings. The van der Waals surface area contributed by atoms with E-state index in [1.807, 2.05) is 0 Å². The molecule has 22 heavy (non-hydrogen) atoms. The maximum absolute atomic E-state index is 6.41. The Labute approximate surface area is 134 Å². The number of aryl methyl sites for hydroxylation is 1. The Bertz CT molecular complexity index is 683. The molecule has 3 rings (SSSR count). The van der Waals surface area contributed by atoms with Gasteiger partial charge in [-0.15, -0.1) is 0 Å². The first-order valence-electron chi connectivity index (χ1n) is 8.15. The minimum Gasteiger partial charge on any atom is -0.368 e. The second-order valence-corrected chi connectivity index (χ2v) is 7.36. The minimum absolute atomic E-state index is 0.155. The predicted molar refractivity (Wildman–Crippen MR) is 92.1 cm³/mol. The van der Waals surface area contributed by atoms with Gasteiger partial charge in [0.25, 0.3) is 0 Å². The summed E-state index contributed by atoms with van der Waals surface area (Å²) in [6.07, 6.45) is 1.28. The van der Waals surface area contributed by atoms with Gasteiger partial charge in [0.1, 0.15) is 0 Å². The smallest absolute Gasteiger partial charge is 0.0888 e. The molecule has 0 aromatic heterocycles. The Hall–Kier alpha value is -1.60. The summed E-state index contributed by atoms with van der Waals surface area (Å²) in [6, 6.07) is 12.8. The van der Waals surface area contributed by atoms with Crippen molar-refractivity contribution >= 4 is 0 Å². The SMILES string of the molecule is Cc1cc2c(c(C)c1C)C(OCc1ccccc1)C(C)(C)C2. The maximum atomic E-state index is 6.41. The summed E-state index contributed by atoms with van der Waals surface area (Å²) in [6.45, 7) is 12.0. The highest BCUT2D eigenvalue weighted by Crippen LogP contribution is 2.50. The van der Waals surface area contributed by atoms with E-state index in [0.29, 0.717) is 6.61 Å². The van der Waals surface area contributed by atoms with Gasteiger partial charge in [-0.25, -0.2) is 0 Å². The van der Waals surface area contributed by atoms with E-state index in [9.17, 15) is 0 Å². The molecule has 0 saturated heterocycles. The van der Waals surface area contributed by atoms with Crippen LogP contribution in [0.5, 0.6) is 0 Å². The fraction of sp³-hybridized carbons (Fsp3) is 0.429. The number of fused-ring (bicyclic) bond motifs is 1. The maximum Gasteiger partial charge on any atom is 0.0888 e. The van der Waals surface area contributed by atoms with E-state index in [4.69, 9.17) is 4.74 Å². The molecule has 0 fully saturated rings. The molecular formula is C21H26O. The van der Waals surface area contributed by atoms with Crippen molar-refractivity contribution in [1.29, 1.82) is 0 Å². The van der Waals surface area contributed by atoms with Crippen LogP contribution in [0.25, 0.3) is 0 Å². The molecule has 0 amide bonds. The third kappa shape index (κ3) is 2.59. The molecule has 0 radical (unpaired) electrons. The van der Waals surface area contributed by atoms with E-state index in [1.54, 1.807) is 0 Å². The second kappa shape index (κ2) is 5.55. The predicted octanol–water partition coefficient (Wildman–Crippen LogP) is 5.45. The zero-order chi connectivity index (χ0) is 15.9. The van der Waals surface area contributed by atoms with Crippen LogP contribution in [0.3, 0.4) is 0 Å². The van der Waals surface area contributed by atoms with Crippen molar-refractivity contribution in [3.05, 3.63) is 69.8 Å². The molecule has 0 bridgehead atoms. The van der Waals surface area contributed by atoms with Crippen molar-refractivity contribution in [3.8, 4) is 0 Å². The van der Waals surface area contributed by atoms with Crippen LogP contribution >= 0.6 is 0 Å². The first-order valence-corrected chi connectivity index (χ1v) is 8.15. The fourth-order valence-electron chi connectivity index (χ4n) is 3.73. The highest BCUT2D eigenvalue weighted by atomic mass is 16.5. The monoisotopic (exact) mass is 294 g/mol. The van der Waals surface area contributed by atoms with Crippen LogP contribution in [0.2, 0.25) is 0 Å². The molecule has 1 atom stereocenters. The van der Waals surface area contributed by atoms with Crippen LogP contribution in [0.4, 0.5) is 0 Å². The molecule has 1 unspecified atom stereocenters. The number of hydrogen-bond acceptors (Lipinski definition) is 1. The molecule has 0 heterocycles. The Morgan fingerprint density at radius 2 is 1.73 bits per heavy atom. The molecule has 2 aromatic carbocycles. The van der Waals surface area contributed by atoms with Crippen LogP contribution in [-0.4, -0.2) is 0 Å². The molecule has 1 heteroatoms. The highest BCUT2D eigenvalue weighted by Gasteiger charge is 2.41. The second-order valence-electron chi connectivity index (χ2n) is 7.36. The van der Waals surface area contributed by atoms with E-state index in [0.717, 1.165) is 6.42 Å². The third-order valence-corrected chi connectivity index (χ3v) is 5.17. The van der Waals surface area contributed by atoms with Crippen molar-refractivity contribution in [1.82, 2.24) is 0 Å². The van der Waals surface area contributed by atoms with E-state index in [2.05, 4.69) is 71.0 Å². The lowest BCUT2D eigenvalue weighted by Gasteiger charge is -2.28. The van der Waals surface area contributed by atoms with Crippen molar-refractivity contribution < 1.29 is 4.74 Å². The van der Waals surface area contributed by atoms with Gasteiger partial charge in [-0.2, -0.15) is 0 Å². The average molecular weight is 294 g/mol. The van der Waals surface area contributed by atoms with E-state index in [-0.39, 0.29) is 11.5 Å². The van der Waals surface area contributed by atoms with Crippen molar-refractivity contribution in [2.45, 2.75) is 53.8 Å². The van der Waals surface area contributed by atoms with Crippen molar-refractivity contribution in [3.63, 3.8) is 0 Å². The van der Waals surface area contributed by atoms with Gasteiger partial charge < -0.3 is 4.74 Å². The Morgan fingerprint density at radius 1 is 1.05 bits per heavy atom. The zero-order valence-electron chi connectivity index (χ0n) is 14.4. The number of hydrogen-bond donors (Lipinski definition) is 0. The number of ether oxygens (including phenoxy) is 1. The summed E-state index contributed by atoms with van der Waals surface area (Å²) in [5.74, 6) is 0. The Balaban J connectivity index is 1.93. The van der Waals surface area contributed by atoms with Gasteiger partial charge in [0.05, 0.1) is 12.7 Å². The summed E-state index contributed by atoms with van der Waals surface area (Å²) in [7, 11) is 0. The molecule has 0 aliphatic heterocycles. The lowest BCUT2D eigenvalue weighted by Crippen LogP contribution is -2.20. The summed E-state index contributed by atoms with van der Waals surface area (Å²) < 4.78 is 6.41. The van der Waals surface area contributed by atoms with Gasteiger partial charge in [0.15, 0.2) is 0 Å². The highest BCUT2D eigenvalue weighted by molar-refractivity contribution is 5.49. The first kappa shape index (κ1) is 15.3. The summed E-state index contributed by atoms with van der Waals surface area (Å²) in [4.78, 5) is 0. The molecule has 0 saturated carbocycles. The fourth-order valence-corrected chi connectivity index (χ4v) is 3.73. The Kier molecular flexibility index (Phi) is 3.86. The molecule has 0 spiro atoms. The number of rotatable bonds is 3. The first-order chi connectivity index (χ1) is 10.4. The van der Waals surface area contributed by atoms with Crippen LogP contribution < -0.4 is 0 Å². The zero-order valence-corrected chi connectivity index (χ0v) is 14.4. The standard InChI is InChI=1S/C21H26O/c1-14-11-18-12-21(4,5)20(19(18)16(3)15(14)2)22-13-17-9-7-6-8-10-17/h6-11,20H,12-13H2,1-5H3. The normalized spacial score (nSPS) is 19.2. The van der Waals surface area contributed by atoms with Crippen LogP contribution in [0, 0.1) is 26.2 Å². The van der Waals surface area contributed by atoms with Crippen molar-refractivity contribution in [2.24, 2.45) is 5.41 Å². The lowest BCUT2D eigenvalue weighted by atomic mass is 9.86. The molecule has 1 nitrogen and oxygen atoms in total. The van der Waals surface area contributed by atoms with E-state index < -0.39 is 0 Å². The van der Waals surface area contributed by atoms with Gasteiger partial charge in [0, 0.05) is 0 Å². The molecule has 0 N–H and O–H groups in total. The topological polar surface area (TPSA) is 9.23 Å². The van der Waals surface area contributed by atoms with E-state index in [1.165, 1.54) is 33.4 Å². The minimum atomic E-state index is 0.155. The van der Waals surface area contributed by atoms with Gasteiger partial charge in [0.2, 0.25) is 0 Å². The number of benzene rings is 2. The van der Waals surface area contributed by atoms with Crippen molar-refractivity contribution in [2.75, 3.05) is 0 Å².